The van der Waals surface area contributed by atoms with Crippen molar-refractivity contribution in [1.82, 2.24) is 16.0 Å². The average Bonchev–Trinajstić information content (AvgIpc) is 2.96. The summed E-state index contributed by atoms with van der Waals surface area (Å²) < 4.78 is 34.2. The van der Waals surface area contributed by atoms with Gasteiger partial charge in [-0.05, 0) is 42.4 Å². The van der Waals surface area contributed by atoms with E-state index >= 15 is 0 Å². The molecule has 0 aromatic heterocycles. The van der Waals surface area contributed by atoms with Gasteiger partial charge < -0.3 is 31.5 Å². The van der Waals surface area contributed by atoms with Crippen molar-refractivity contribution in [3.05, 3.63) is 29.8 Å². The molecular formula is C31H51ClF2N4O5. The summed E-state index contributed by atoms with van der Waals surface area (Å²) in [4.78, 5) is 39.6. The van der Waals surface area contributed by atoms with E-state index in [4.69, 9.17) is 10.5 Å². The fourth-order valence-corrected chi connectivity index (χ4v) is 5.41. The molecule has 0 radical (unpaired) electrons. The molecule has 3 amide bonds. The largest absolute Gasteiger partial charge is 0.497 e. The Morgan fingerprint density at radius 3 is 2.16 bits per heavy atom. The minimum absolute atomic E-state index is 0. The number of aliphatic hydroxyl groups is 1. The number of carbonyl (C=O) groups is 3. The van der Waals surface area contributed by atoms with Gasteiger partial charge in [-0.15, -0.1) is 12.4 Å². The maximum atomic E-state index is 14.5. The van der Waals surface area contributed by atoms with Crippen LogP contribution < -0.4 is 26.4 Å². The second-order valence-corrected chi connectivity index (χ2v) is 11.9. The van der Waals surface area contributed by atoms with Crippen molar-refractivity contribution in [3.63, 3.8) is 0 Å². The number of ether oxygens (including phenoxy) is 1. The Kier molecular flexibility index (Phi) is 17.0. The van der Waals surface area contributed by atoms with Crippen molar-refractivity contribution in [1.29, 1.82) is 0 Å². The Morgan fingerprint density at radius 2 is 1.63 bits per heavy atom. The molecule has 4 atom stereocenters. The first kappa shape index (κ1) is 38.5. The Balaban J connectivity index is 0.00000924. The molecule has 1 unspecified atom stereocenters. The van der Waals surface area contributed by atoms with Crippen LogP contribution in [0.3, 0.4) is 0 Å². The second-order valence-electron chi connectivity index (χ2n) is 11.9. The number of nitrogens with one attached hydrogen (secondary N) is 3. The van der Waals surface area contributed by atoms with Crippen LogP contribution in [0.5, 0.6) is 5.75 Å². The summed E-state index contributed by atoms with van der Waals surface area (Å²) in [6.45, 7) is 4.57. The zero-order chi connectivity index (χ0) is 31.3. The molecule has 0 aliphatic heterocycles. The highest BCUT2D eigenvalue weighted by atomic mass is 35.5. The van der Waals surface area contributed by atoms with E-state index in [1.807, 2.05) is 20.8 Å². The monoisotopic (exact) mass is 632 g/mol. The van der Waals surface area contributed by atoms with Gasteiger partial charge in [0, 0.05) is 12.8 Å². The van der Waals surface area contributed by atoms with E-state index in [9.17, 15) is 28.3 Å². The lowest BCUT2D eigenvalue weighted by Gasteiger charge is -2.34. The molecule has 0 heterocycles. The van der Waals surface area contributed by atoms with E-state index in [0.29, 0.717) is 12.2 Å². The van der Waals surface area contributed by atoms with Gasteiger partial charge in [-0.3, -0.25) is 14.4 Å². The highest BCUT2D eigenvalue weighted by Crippen LogP contribution is 2.31. The van der Waals surface area contributed by atoms with Crippen LogP contribution in [0.4, 0.5) is 8.78 Å². The molecule has 1 aromatic rings. The van der Waals surface area contributed by atoms with E-state index in [1.165, 1.54) is 0 Å². The van der Waals surface area contributed by atoms with Crippen LogP contribution in [-0.2, 0) is 20.8 Å². The molecule has 0 bridgehead atoms. The first-order valence-corrected chi connectivity index (χ1v) is 15.2. The zero-order valence-corrected chi connectivity index (χ0v) is 26.7. The highest BCUT2D eigenvalue weighted by molar-refractivity contribution is 5.92. The number of carbonyl (C=O) groups excluding carboxylic acids is 3. The number of hydrogen-bond acceptors (Lipinski definition) is 6. The lowest BCUT2D eigenvalue weighted by Crippen LogP contribution is -2.59. The highest BCUT2D eigenvalue weighted by Gasteiger charge is 2.44. The SMILES string of the molecule is CCC[C@H](NC(=O)[C@H](Cc1ccc(OC)cc1)NC(=O)CC(C)C)C(=O)N[C@@H](CC1CCCCC1)C(O)C(F)(F)CN.Cl. The molecule has 6 N–H and O–H groups in total. The summed E-state index contributed by atoms with van der Waals surface area (Å²) in [7, 11) is 1.55. The lowest BCUT2D eigenvalue weighted by atomic mass is 9.83. The number of hydrogen-bond donors (Lipinski definition) is 5. The van der Waals surface area contributed by atoms with Crippen molar-refractivity contribution in [2.45, 2.75) is 115 Å². The zero-order valence-electron chi connectivity index (χ0n) is 25.9. The van der Waals surface area contributed by atoms with Crippen molar-refractivity contribution >= 4 is 30.1 Å². The van der Waals surface area contributed by atoms with E-state index in [0.717, 1.165) is 37.7 Å². The van der Waals surface area contributed by atoms with E-state index in [-0.39, 0.29) is 55.8 Å². The van der Waals surface area contributed by atoms with Crippen LogP contribution >= 0.6 is 12.4 Å². The minimum atomic E-state index is -3.58. The van der Waals surface area contributed by atoms with Gasteiger partial charge in [0.15, 0.2) is 0 Å². The van der Waals surface area contributed by atoms with Gasteiger partial charge in [0.25, 0.3) is 5.92 Å². The standard InChI is InChI=1S/C31H50F2N4O5.ClH/c1-5-9-24(29(40)37-25(28(39)31(32,33)19-34)17-21-10-7-6-8-11-21)36-30(41)26(35-27(38)16-20(2)3)18-22-12-14-23(42-4)15-13-22;/h12-15,20-21,24-26,28,39H,5-11,16-19,34H2,1-4H3,(H,35,38)(H,36,41)(H,37,40);1H/t24-,25-,26-,28?;/m0./s1. The molecule has 1 aliphatic carbocycles. The fraction of sp³-hybridized carbons (Fsp3) is 0.710. The maximum absolute atomic E-state index is 14.5. The van der Waals surface area contributed by atoms with Crippen LogP contribution in [0, 0.1) is 11.8 Å². The number of halogens is 3. The van der Waals surface area contributed by atoms with Gasteiger partial charge in [0.1, 0.15) is 23.9 Å². The molecule has 43 heavy (non-hydrogen) atoms. The normalized spacial score (nSPS) is 16.8. The number of rotatable bonds is 17. The van der Waals surface area contributed by atoms with Crippen molar-refractivity contribution < 1.29 is 33.0 Å². The van der Waals surface area contributed by atoms with Crippen molar-refractivity contribution in [2.24, 2.45) is 17.6 Å². The Hall–Kier alpha value is -2.50. The topological polar surface area (TPSA) is 143 Å². The number of nitrogens with two attached hydrogens (primary N) is 1. The smallest absolute Gasteiger partial charge is 0.287 e. The first-order valence-electron chi connectivity index (χ1n) is 15.2. The molecule has 1 saturated carbocycles. The molecule has 1 fully saturated rings. The molecule has 9 nitrogen and oxygen atoms in total. The molecule has 1 aromatic carbocycles. The molecule has 246 valence electrons. The van der Waals surface area contributed by atoms with E-state index in [1.54, 1.807) is 31.4 Å². The van der Waals surface area contributed by atoms with Crippen LogP contribution in [0.15, 0.2) is 24.3 Å². The number of aliphatic hydroxyl groups excluding tert-OH is 1. The van der Waals surface area contributed by atoms with Crippen molar-refractivity contribution in [3.8, 4) is 5.75 Å². The van der Waals surface area contributed by atoms with Gasteiger partial charge in [0.05, 0.1) is 19.7 Å². The van der Waals surface area contributed by atoms with Gasteiger partial charge in [-0.25, -0.2) is 8.78 Å². The van der Waals surface area contributed by atoms with Crippen LogP contribution in [0.1, 0.15) is 84.1 Å². The van der Waals surface area contributed by atoms with Crippen LogP contribution in [0.2, 0.25) is 0 Å². The summed E-state index contributed by atoms with van der Waals surface area (Å²) >= 11 is 0. The molecule has 0 spiro atoms. The molecular weight excluding hydrogens is 582 g/mol. The lowest BCUT2D eigenvalue weighted by molar-refractivity contribution is -0.137. The number of methoxy groups -OCH3 is 1. The Bertz CT molecular complexity index is 993. The quantitative estimate of drug-likeness (QED) is 0.176. The second kappa shape index (κ2) is 19.0. The third-order valence-corrected chi connectivity index (χ3v) is 7.78. The van der Waals surface area contributed by atoms with Gasteiger partial charge in [-0.2, -0.15) is 0 Å². The third-order valence-electron chi connectivity index (χ3n) is 7.78. The molecule has 0 saturated heterocycles. The van der Waals surface area contributed by atoms with Gasteiger partial charge >= 0.3 is 0 Å². The number of alkyl halides is 2. The summed E-state index contributed by atoms with van der Waals surface area (Å²) in [5.41, 5.74) is 6.02. The summed E-state index contributed by atoms with van der Waals surface area (Å²) in [6.07, 6.45) is 3.89. The third kappa shape index (κ3) is 12.9. The predicted octanol–water partition coefficient (Wildman–Crippen LogP) is 3.89. The summed E-state index contributed by atoms with van der Waals surface area (Å²) in [6, 6.07) is 3.84. The predicted molar refractivity (Wildman–Crippen MR) is 165 cm³/mol. The Labute approximate surface area is 260 Å². The maximum Gasteiger partial charge on any atom is 0.287 e. The van der Waals surface area contributed by atoms with Gasteiger partial charge in [-0.1, -0.05) is 71.4 Å². The minimum Gasteiger partial charge on any atom is -0.497 e. The summed E-state index contributed by atoms with van der Waals surface area (Å²) in [5, 5.41) is 18.7. The van der Waals surface area contributed by atoms with Gasteiger partial charge in [0.2, 0.25) is 17.7 Å². The number of benzene rings is 1. The van der Waals surface area contributed by atoms with Crippen LogP contribution in [-0.4, -0.2) is 66.6 Å². The summed E-state index contributed by atoms with van der Waals surface area (Å²) in [5.74, 6) is -4.28. The van der Waals surface area contributed by atoms with Crippen molar-refractivity contribution in [2.75, 3.05) is 13.7 Å². The van der Waals surface area contributed by atoms with E-state index in [2.05, 4.69) is 16.0 Å². The molecule has 2 rings (SSSR count). The fourth-order valence-electron chi connectivity index (χ4n) is 5.41. The molecule has 1 aliphatic rings. The molecule has 12 heteroatoms. The van der Waals surface area contributed by atoms with E-state index < -0.39 is 48.5 Å². The Morgan fingerprint density at radius 1 is 1.02 bits per heavy atom. The number of amides is 3. The first-order chi connectivity index (χ1) is 19.9. The average molecular weight is 633 g/mol. The van der Waals surface area contributed by atoms with Crippen LogP contribution in [0.25, 0.3) is 0 Å².